The van der Waals surface area contributed by atoms with Crippen molar-refractivity contribution in [3.05, 3.63) is 35.9 Å². The fourth-order valence-corrected chi connectivity index (χ4v) is 2.38. The first-order valence-corrected chi connectivity index (χ1v) is 6.32. The van der Waals surface area contributed by atoms with Gasteiger partial charge in [0.25, 0.3) is 0 Å². The van der Waals surface area contributed by atoms with Crippen molar-refractivity contribution in [1.29, 1.82) is 0 Å². The molecule has 5 nitrogen and oxygen atoms in total. The van der Waals surface area contributed by atoms with Crippen LogP contribution in [0.1, 0.15) is 11.6 Å². The zero-order valence-corrected chi connectivity index (χ0v) is 11.3. The Balaban J connectivity index is 2.05. The average molecular weight is 264 g/mol. The molecular weight excluding hydrogens is 244 g/mol. The van der Waals surface area contributed by atoms with Gasteiger partial charge in [-0.2, -0.15) is 0 Å². The maximum atomic E-state index is 12.4. The highest BCUT2D eigenvalue weighted by Gasteiger charge is 2.37. The van der Waals surface area contributed by atoms with Crippen molar-refractivity contribution in [3.8, 4) is 0 Å². The van der Waals surface area contributed by atoms with Crippen LogP contribution >= 0.6 is 0 Å². The number of rotatable bonds is 4. The number of benzene rings is 1. The molecule has 3 atom stereocenters. The molecule has 0 bridgehead atoms. The Bertz CT molecular complexity index is 412. The van der Waals surface area contributed by atoms with E-state index in [4.69, 9.17) is 15.2 Å². The SMILES string of the molecule is COC1CN(C(=O)[C@@H](N)c2ccccc2)CC1OC. The van der Waals surface area contributed by atoms with Crippen molar-refractivity contribution in [2.75, 3.05) is 27.3 Å². The van der Waals surface area contributed by atoms with Crippen LogP contribution in [0.25, 0.3) is 0 Å². The molecule has 0 aliphatic carbocycles. The van der Waals surface area contributed by atoms with Gasteiger partial charge in [-0.05, 0) is 5.56 Å². The average Bonchev–Trinajstić information content (AvgIpc) is 2.89. The maximum Gasteiger partial charge on any atom is 0.244 e. The zero-order chi connectivity index (χ0) is 13.8. The fraction of sp³-hybridized carbons (Fsp3) is 0.500. The second-order valence-corrected chi connectivity index (χ2v) is 4.68. The lowest BCUT2D eigenvalue weighted by Crippen LogP contribution is -2.37. The van der Waals surface area contributed by atoms with Crippen LogP contribution in [-0.4, -0.2) is 50.3 Å². The number of carbonyl (C=O) groups is 1. The van der Waals surface area contributed by atoms with Crippen LogP contribution in [0.4, 0.5) is 0 Å². The monoisotopic (exact) mass is 264 g/mol. The normalized spacial score (nSPS) is 24.5. The van der Waals surface area contributed by atoms with Gasteiger partial charge in [0.15, 0.2) is 0 Å². The number of methoxy groups -OCH3 is 2. The largest absolute Gasteiger partial charge is 0.377 e. The van der Waals surface area contributed by atoms with E-state index in [9.17, 15) is 4.79 Å². The van der Waals surface area contributed by atoms with Gasteiger partial charge >= 0.3 is 0 Å². The molecule has 0 saturated carbocycles. The van der Waals surface area contributed by atoms with E-state index in [1.165, 1.54) is 0 Å². The van der Waals surface area contributed by atoms with Gasteiger partial charge in [0.05, 0.1) is 0 Å². The Morgan fingerprint density at radius 3 is 2.21 bits per heavy atom. The standard InChI is InChI=1S/C14H20N2O3/c1-18-11-8-16(9-12(11)19-2)14(17)13(15)10-6-4-3-5-7-10/h3-7,11-13H,8-9,15H2,1-2H3/t11?,12?,13-/m0/s1. The molecule has 2 unspecified atom stereocenters. The van der Waals surface area contributed by atoms with Crippen molar-refractivity contribution < 1.29 is 14.3 Å². The predicted octanol–water partition coefficient (Wildman–Crippen LogP) is 0.559. The lowest BCUT2D eigenvalue weighted by Gasteiger charge is -2.20. The molecule has 2 N–H and O–H groups in total. The highest BCUT2D eigenvalue weighted by Crippen LogP contribution is 2.20. The molecule has 1 aromatic rings. The van der Waals surface area contributed by atoms with Crippen molar-refractivity contribution in [1.82, 2.24) is 4.90 Å². The van der Waals surface area contributed by atoms with Gasteiger partial charge in [-0.1, -0.05) is 30.3 Å². The molecule has 0 aromatic heterocycles. The molecule has 1 fully saturated rings. The first-order valence-electron chi connectivity index (χ1n) is 6.32. The minimum Gasteiger partial charge on any atom is -0.377 e. The third-order valence-corrected chi connectivity index (χ3v) is 3.56. The van der Waals surface area contributed by atoms with Crippen LogP contribution in [0.2, 0.25) is 0 Å². The highest BCUT2D eigenvalue weighted by atomic mass is 16.5. The predicted molar refractivity (Wildman–Crippen MR) is 71.5 cm³/mol. The van der Waals surface area contributed by atoms with Crippen LogP contribution in [0.5, 0.6) is 0 Å². The molecule has 2 rings (SSSR count). The van der Waals surface area contributed by atoms with Crippen molar-refractivity contribution >= 4 is 5.91 Å². The topological polar surface area (TPSA) is 64.8 Å². The van der Waals surface area contributed by atoms with Crippen molar-refractivity contribution in [3.63, 3.8) is 0 Å². The molecule has 104 valence electrons. The smallest absolute Gasteiger partial charge is 0.244 e. The van der Waals surface area contributed by atoms with Gasteiger partial charge < -0.3 is 20.1 Å². The van der Waals surface area contributed by atoms with Crippen molar-refractivity contribution in [2.24, 2.45) is 5.73 Å². The Labute approximate surface area is 113 Å². The molecule has 5 heteroatoms. The molecule has 1 heterocycles. The summed E-state index contributed by atoms with van der Waals surface area (Å²) in [6.07, 6.45) is -0.172. The van der Waals surface area contributed by atoms with E-state index >= 15 is 0 Å². The number of hydrogen-bond donors (Lipinski definition) is 1. The summed E-state index contributed by atoms with van der Waals surface area (Å²) in [7, 11) is 3.25. The van der Waals surface area contributed by atoms with Gasteiger partial charge in [0, 0.05) is 27.3 Å². The third-order valence-electron chi connectivity index (χ3n) is 3.56. The molecule has 1 aliphatic heterocycles. The number of likely N-dealkylation sites (tertiary alicyclic amines) is 1. The summed E-state index contributed by atoms with van der Waals surface area (Å²) in [5, 5.41) is 0. The summed E-state index contributed by atoms with van der Waals surface area (Å²) in [6, 6.07) is 8.75. The highest BCUT2D eigenvalue weighted by molar-refractivity contribution is 5.83. The van der Waals surface area contributed by atoms with Crippen LogP contribution < -0.4 is 5.73 Å². The fourth-order valence-electron chi connectivity index (χ4n) is 2.38. The molecule has 0 radical (unpaired) electrons. The van der Waals surface area contributed by atoms with Gasteiger partial charge in [-0.3, -0.25) is 4.79 Å². The first kappa shape index (κ1) is 14.0. The van der Waals surface area contributed by atoms with Crippen LogP contribution in [0.3, 0.4) is 0 Å². The summed E-state index contributed by atoms with van der Waals surface area (Å²) < 4.78 is 10.6. The molecule has 1 saturated heterocycles. The van der Waals surface area contributed by atoms with Crippen LogP contribution in [0.15, 0.2) is 30.3 Å². The summed E-state index contributed by atoms with van der Waals surface area (Å²) in [5.41, 5.74) is 6.84. The zero-order valence-electron chi connectivity index (χ0n) is 11.3. The number of nitrogens with zero attached hydrogens (tertiary/aromatic N) is 1. The lowest BCUT2D eigenvalue weighted by atomic mass is 10.1. The number of amides is 1. The molecule has 0 spiro atoms. The minimum atomic E-state index is -0.630. The van der Waals surface area contributed by atoms with Crippen LogP contribution in [0, 0.1) is 0 Å². The van der Waals surface area contributed by atoms with Gasteiger partial charge in [-0.25, -0.2) is 0 Å². The Kier molecular flexibility index (Phi) is 4.52. The molecule has 1 aliphatic rings. The quantitative estimate of drug-likeness (QED) is 0.863. The Morgan fingerprint density at radius 2 is 1.74 bits per heavy atom. The van der Waals surface area contributed by atoms with E-state index in [1.807, 2.05) is 30.3 Å². The number of ether oxygens (including phenoxy) is 2. The summed E-state index contributed by atoms with van der Waals surface area (Å²) in [6.45, 7) is 1.04. The van der Waals surface area contributed by atoms with E-state index in [0.29, 0.717) is 13.1 Å². The van der Waals surface area contributed by atoms with Gasteiger partial charge in [0.1, 0.15) is 18.2 Å². The Morgan fingerprint density at radius 1 is 1.21 bits per heavy atom. The van der Waals surface area contributed by atoms with Gasteiger partial charge in [0.2, 0.25) is 5.91 Å². The minimum absolute atomic E-state index is 0.0862. The molecule has 19 heavy (non-hydrogen) atoms. The molecular formula is C14H20N2O3. The Hall–Kier alpha value is -1.43. The number of nitrogens with two attached hydrogens (primary N) is 1. The third kappa shape index (κ3) is 2.94. The van der Waals surface area contributed by atoms with Gasteiger partial charge in [-0.15, -0.1) is 0 Å². The second kappa shape index (κ2) is 6.14. The molecule has 1 aromatic carbocycles. The summed E-state index contributed by atoms with van der Waals surface area (Å²) >= 11 is 0. The summed E-state index contributed by atoms with van der Waals surface area (Å²) in [4.78, 5) is 14.1. The maximum absolute atomic E-state index is 12.4. The van der Waals surface area contributed by atoms with E-state index in [2.05, 4.69) is 0 Å². The van der Waals surface area contributed by atoms with E-state index in [0.717, 1.165) is 5.56 Å². The lowest BCUT2D eigenvalue weighted by molar-refractivity contribution is -0.132. The first-order chi connectivity index (χ1) is 9.17. The molecule has 1 amide bonds. The number of hydrogen-bond acceptors (Lipinski definition) is 4. The second-order valence-electron chi connectivity index (χ2n) is 4.68. The van der Waals surface area contributed by atoms with E-state index < -0.39 is 6.04 Å². The van der Waals surface area contributed by atoms with Crippen LogP contribution in [-0.2, 0) is 14.3 Å². The van der Waals surface area contributed by atoms with E-state index in [1.54, 1.807) is 19.1 Å². The number of carbonyl (C=O) groups excluding carboxylic acids is 1. The van der Waals surface area contributed by atoms with E-state index in [-0.39, 0.29) is 18.1 Å². The van der Waals surface area contributed by atoms with Crippen molar-refractivity contribution in [2.45, 2.75) is 18.2 Å². The summed E-state index contributed by atoms with van der Waals surface area (Å²) in [5.74, 6) is -0.0900.